The Hall–Kier alpha value is -1.88. The second kappa shape index (κ2) is 7.53. The lowest BCUT2D eigenvalue weighted by atomic mass is 10.1. The van der Waals surface area contributed by atoms with Crippen molar-refractivity contribution in [1.29, 1.82) is 0 Å². The first kappa shape index (κ1) is 15.2. The molecule has 0 aromatic heterocycles. The summed E-state index contributed by atoms with van der Waals surface area (Å²) in [6.45, 7) is 1.95. The number of rotatable bonds is 7. The van der Waals surface area contributed by atoms with Crippen LogP contribution < -0.4 is 11.1 Å². The van der Waals surface area contributed by atoms with Gasteiger partial charge in [-0.2, -0.15) is 0 Å². The first-order valence-electron chi connectivity index (χ1n) is 6.34. The predicted molar refractivity (Wildman–Crippen MR) is 72.4 cm³/mol. The van der Waals surface area contributed by atoms with Gasteiger partial charge in [-0.1, -0.05) is 31.2 Å². The van der Waals surface area contributed by atoms with E-state index in [2.05, 4.69) is 12.2 Å². The summed E-state index contributed by atoms with van der Waals surface area (Å²) < 4.78 is 0. The molecule has 1 aromatic rings. The Bertz CT molecular complexity index is 429. The van der Waals surface area contributed by atoms with Gasteiger partial charge in [0.15, 0.2) is 0 Å². The highest BCUT2D eigenvalue weighted by Gasteiger charge is 2.11. The number of aliphatic hydroxyl groups excluding tert-OH is 1. The molecule has 5 heteroatoms. The van der Waals surface area contributed by atoms with E-state index in [0.29, 0.717) is 12.8 Å². The van der Waals surface area contributed by atoms with E-state index in [4.69, 9.17) is 10.8 Å². The lowest BCUT2D eigenvalue weighted by Gasteiger charge is -2.08. The zero-order valence-corrected chi connectivity index (χ0v) is 11.1. The lowest BCUT2D eigenvalue weighted by Crippen LogP contribution is -2.40. The molecule has 104 valence electrons. The second-order valence-corrected chi connectivity index (χ2v) is 4.39. The molecular weight excluding hydrogens is 244 g/mol. The van der Waals surface area contributed by atoms with Gasteiger partial charge in [0.25, 0.3) is 0 Å². The summed E-state index contributed by atoms with van der Waals surface area (Å²) in [7, 11) is 0. The van der Waals surface area contributed by atoms with Crippen molar-refractivity contribution in [3.8, 4) is 0 Å². The number of nitrogens with two attached hydrogens (primary N) is 1. The molecule has 0 bridgehead atoms. The van der Waals surface area contributed by atoms with Crippen molar-refractivity contribution in [2.75, 3.05) is 6.54 Å². The Morgan fingerprint density at radius 1 is 1.26 bits per heavy atom. The van der Waals surface area contributed by atoms with Crippen LogP contribution >= 0.6 is 0 Å². The van der Waals surface area contributed by atoms with Crippen LogP contribution in [0.25, 0.3) is 0 Å². The van der Waals surface area contributed by atoms with E-state index in [-0.39, 0.29) is 12.5 Å². The van der Waals surface area contributed by atoms with Crippen molar-refractivity contribution in [1.82, 2.24) is 5.32 Å². The molecule has 5 nitrogen and oxygen atoms in total. The van der Waals surface area contributed by atoms with Crippen LogP contribution in [0.3, 0.4) is 0 Å². The van der Waals surface area contributed by atoms with Crippen LogP contribution in [0.5, 0.6) is 0 Å². The van der Waals surface area contributed by atoms with E-state index in [1.807, 2.05) is 24.3 Å². The molecule has 2 amide bonds. The van der Waals surface area contributed by atoms with Crippen molar-refractivity contribution in [3.63, 3.8) is 0 Å². The molecule has 4 N–H and O–H groups in total. The third-order valence-corrected chi connectivity index (χ3v) is 2.89. The Morgan fingerprint density at radius 2 is 1.84 bits per heavy atom. The summed E-state index contributed by atoms with van der Waals surface area (Å²) in [5.41, 5.74) is 7.22. The molecule has 0 radical (unpaired) electrons. The maximum Gasteiger partial charge on any atom is 0.248 e. The normalized spacial score (nSPS) is 11.9. The molecular formula is C14H20N2O3. The Labute approximate surface area is 112 Å². The van der Waals surface area contributed by atoms with Crippen LogP contribution in [0.1, 0.15) is 24.5 Å². The number of carbonyl (C=O) groups excluding carboxylic acids is 2. The lowest BCUT2D eigenvalue weighted by molar-refractivity contribution is -0.127. The summed E-state index contributed by atoms with van der Waals surface area (Å²) in [6.07, 6.45) is 0.610. The van der Waals surface area contributed by atoms with Gasteiger partial charge >= 0.3 is 0 Å². The standard InChI is InChI=1S/C14H20N2O3/c1-2-10-3-5-11(6-4-10)7-8-13(18)16-9-12(17)14(15)19/h3-6,12,17H,2,7-9H2,1H3,(H2,15,19)(H,16,18). The monoisotopic (exact) mass is 264 g/mol. The van der Waals surface area contributed by atoms with E-state index < -0.39 is 12.0 Å². The molecule has 1 aromatic carbocycles. The second-order valence-electron chi connectivity index (χ2n) is 4.39. The van der Waals surface area contributed by atoms with Crippen LogP contribution in [0.15, 0.2) is 24.3 Å². The highest BCUT2D eigenvalue weighted by atomic mass is 16.3. The molecule has 1 unspecified atom stereocenters. The number of primary amides is 1. The minimum Gasteiger partial charge on any atom is -0.381 e. The highest BCUT2D eigenvalue weighted by molar-refractivity contribution is 5.81. The van der Waals surface area contributed by atoms with Crippen molar-refractivity contribution in [2.45, 2.75) is 32.3 Å². The van der Waals surface area contributed by atoms with Crippen molar-refractivity contribution in [3.05, 3.63) is 35.4 Å². The number of nitrogens with one attached hydrogen (secondary N) is 1. The van der Waals surface area contributed by atoms with Crippen molar-refractivity contribution in [2.24, 2.45) is 5.73 Å². The number of carbonyl (C=O) groups is 2. The molecule has 1 atom stereocenters. The number of hydrogen-bond donors (Lipinski definition) is 3. The molecule has 19 heavy (non-hydrogen) atoms. The summed E-state index contributed by atoms with van der Waals surface area (Å²) in [5.74, 6) is -1.05. The van der Waals surface area contributed by atoms with Crippen LogP contribution in [0.4, 0.5) is 0 Å². The quantitative estimate of drug-likeness (QED) is 0.654. The maximum absolute atomic E-state index is 11.5. The molecule has 0 fully saturated rings. The van der Waals surface area contributed by atoms with Gasteiger partial charge in [-0.25, -0.2) is 0 Å². The number of aliphatic hydroxyl groups is 1. The SMILES string of the molecule is CCc1ccc(CCC(=O)NCC(O)C(N)=O)cc1. The van der Waals surface area contributed by atoms with Gasteiger partial charge in [0, 0.05) is 6.42 Å². The van der Waals surface area contributed by atoms with Gasteiger partial charge in [0.2, 0.25) is 11.8 Å². The van der Waals surface area contributed by atoms with E-state index >= 15 is 0 Å². The van der Waals surface area contributed by atoms with E-state index in [1.54, 1.807) is 0 Å². The van der Waals surface area contributed by atoms with Crippen molar-refractivity contribution < 1.29 is 14.7 Å². The summed E-state index contributed by atoms with van der Waals surface area (Å²) in [5, 5.41) is 11.6. The average molecular weight is 264 g/mol. The number of aryl methyl sites for hydroxylation is 2. The Morgan fingerprint density at radius 3 is 2.37 bits per heavy atom. The van der Waals surface area contributed by atoms with Gasteiger partial charge in [-0.05, 0) is 24.0 Å². The number of hydrogen-bond acceptors (Lipinski definition) is 3. The molecule has 0 saturated heterocycles. The smallest absolute Gasteiger partial charge is 0.248 e. The fourth-order valence-electron chi connectivity index (χ4n) is 1.60. The summed E-state index contributed by atoms with van der Waals surface area (Å²) in [4.78, 5) is 22.1. The minimum atomic E-state index is -1.33. The summed E-state index contributed by atoms with van der Waals surface area (Å²) in [6, 6.07) is 8.10. The fourth-order valence-corrected chi connectivity index (χ4v) is 1.60. The highest BCUT2D eigenvalue weighted by Crippen LogP contribution is 2.07. The van der Waals surface area contributed by atoms with Gasteiger partial charge in [-0.15, -0.1) is 0 Å². The third-order valence-electron chi connectivity index (χ3n) is 2.89. The van der Waals surface area contributed by atoms with Crippen LogP contribution in [-0.4, -0.2) is 29.6 Å². The number of benzene rings is 1. The zero-order chi connectivity index (χ0) is 14.3. The van der Waals surface area contributed by atoms with Crippen LogP contribution in [0.2, 0.25) is 0 Å². The molecule has 0 heterocycles. The van der Waals surface area contributed by atoms with Crippen molar-refractivity contribution >= 4 is 11.8 Å². The largest absolute Gasteiger partial charge is 0.381 e. The average Bonchev–Trinajstić information content (AvgIpc) is 2.42. The minimum absolute atomic E-state index is 0.136. The van der Waals surface area contributed by atoms with Crippen LogP contribution in [-0.2, 0) is 22.4 Å². The third kappa shape index (κ3) is 5.52. The Kier molecular flexibility index (Phi) is 6.02. The van der Waals surface area contributed by atoms with Gasteiger partial charge in [0.05, 0.1) is 6.54 Å². The number of amides is 2. The molecule has 0 saturated carbocycles. The summed E-state index contributed by atoms with van der Waals surface area (Å²) >= 11 is 0. The molecule has 0 aliphatic heterocycles. The van der Waals surface area contributed by atoms with E-state index in [1.165, 1.54) is 5.56 Å². The first-order chi connectivity index (χ1) is 9.02. The maximum atomic E-state index is 11.5. The Balaban J connectivity index is 2.31. The van der Waals surface area contributed by atoms with E-state index in [9.17, 15) is 9.59 Å². The zero-order valence-electron chi connectivity index (χ0n) is 11.1. The predicted octanol–water partition coefficient (Wildman–Crippen LogP) is 0.144. The molecule has 0 spiro atoms. The molecule has 0 aliphatic rings. The first-order valence-corrected chi connectivity index (χ1v) is 6.34. The molecule has 0 aliphatic carbocycles. The van der Waals surface area contributed by atoms with Gasteiger partial charge < -0.3 is 16.2 Å². The topological polar surface area (TPSA) is 92.4 Å². The fraction of sp³-hybridized carbons (Fsp3) is 0.429. The van der Waals surface area contributed by atoms with Gasteiger partial charge in [-0.3, -0.25) is 9.59 Å². The molecule has 1 rings (SSSR count). The van der Waals surface area contributed by atoms with Gasteiger partial charge in [0.1, 0.15) is 6.10 Å². The van der Waals surface area contributed by atoms with Crippen LogP contribution in [0, 0.1) is 0 Å². The van der Waals surface area contributed by atoms with E-state index in [0.717, 1.165) is 12.0 Å².